The summed E-state index contributed by atoms with van der Waals surface area (Å²) >= 11 is 5.99. The van der Waals surface area contributed by atoms with Crippen molar-refractivity contribution in [2.75, 3.05) is 11.9 Å². The first-order chi connectivity index (χ1) is 9.61. The molecule has 1 heterocycles. The molecule has 2 rings (SSSR count). The van der Waals surface area contributed by atoms with Crippen molar-refractivity contribution >= 4 is 23.0 Å². The number of rotatable bonds is 5. The molecule has 0 bridgehead atoms. The van der Waals surface area contributed by atoms with Crippen LogP contribution in [-0.2, 0) is 18.4 Å². The van der Waals surface area contributed by atoms with E-state index in [1.54, 1.807) is 7.05 Å². The number of nitrogens with one attached hydrogen (secondary N) is 1. The van der Waals surface area contributed by atoms with E-state index < -0.39 is 0 Å². The highest BCUT2D eigenvalue weighted by atomic mass is 35.5. The fourth-order valence-electron chi connectivity index (χ4n) is 1.66. The van der Waals surface area contributed by atoms with Crippen LogP contribution >= 0.6 is 11.6 Å². The zero-order valence-electron chi connectivity index (χ0n) is 11.4. The van der Waals surface area contributed by atoms with E-state index >= 15 is 0 Å². The van der Waals surface area contributed by atoms with E-state index in [0.717, 1.165) is 11.3 Å². The highest BCUT2D eigenvalue weighted by molar-refractivity contribution is 6.33. The molecule has 0 atom stereocenters. The van der Waals surface area contributed by atoms with Crippen LogP contribution in [0.15, 0.2) is 35.3 Å². The number of halogens is 1. The molecule has 0 radical (unpaired) electrons. The molecule has 1 N–H and O–H groups in total. The van der Waals surface area contributed by atoms with Crippen molar-refractivity contribution < 1.29 is 4.74 Å². The number of ether oxygens (including phenoxy) is 1. The van der Waals surface area contributed by atoms with Gasteiger partial charge in [-0.05, 0) is 24.6 Å². The molecule has 2 aromatic rings. The maximum absolute atomic E-state index is 11.7. The summed E-state index contributed by atoms with van der Waals surface area (Å²) in [5.41, 5.74) is 2.09. The van der Waals surface area contributed by atoms with E-state index in [1.807, 2.05) is 31.2 Å². The number of hydrogen-bond acceptors (Lipinski definition) is 4. The molecule has 0 unspecified atom stereocenters. The Kier molecular flexibility index (Phi) is 4.76. The van der Waals surface area contributed by atoms with Gasteiger partial charge in [-0.3, -0.25) is 4.79 Å². The third-order valence-corrected chi connectivity index (χ3v) is 3.15. The van der Waals surface area contributed by atoms with E-state index in [9.17, 15) is 4.79 Å². The van der Waals surface area contributed by atoms with Gasteiger partial charge in [0.05, 0.1) is 18.5 Å². The Labute approximate surface area is 122 Å². The van der Waals surface area contributed by atoms with Crippen LogP contribution in [0.25, 0.3) is 0 Å². The van der Waals surface area contributed by atoms with Gasteiger partial charge in [0, 0.05) is 19.3 Å². The van der Waals surface area contributed by atoms with Crippen molar-refractivity contribution in [3.05, 3.63) is 51.4 Å². The molecule has 0 aliphatic rings. The maximum Gasteiger partial charge on any atom is 0.287 e. The SMILES string of the molecule is CCOCc1ccc(Nc2cnn(C)c(=O)c2Cl)cc1. The fourth-order valence-corrected chi connectivity index (χ4v) is 1.88. The Morgan fingerprint density at radius 1 is 1.35 bits per heavy atom. The van der Waals surface area contributed by atoms with E-state index in [0.29, 0.717) is 18.9 Å². The van der Waals surface area contributed by atoms with Gasteiger partial charge in [-0.15, -0.1) is 0 Å². The van der Waals surface area contributed by atoms with Crippen LogP contribution in [-0.4, -0.2) is 16.4 Å². The number of nitrogens with zero attached hydrogens (tertiary/aromatic N) is 2. The van der Waals surface area contributed by atoms with Crippen molar-refractivity contribution in [3.8, 4) is 0 Å². The highest BCUT2D eigenvalue weighted by Gasteiger charge is 2.07. The largest absolute Gasteiger partial charge is 0.377 e. The zero-order chi connectivity index (χ0) is 14.5. The summed E-state index contributed by atoms with van der Waals surface area (Å²) in [7, 11) is 1.56. The smallest absolute Gasteiger partial charge is 0.287 e. The average Bonchev–Trinajstić information content (AvgIpc) is 2.47. The predicted octanol–water partition coefficient (Wildman–Crippen LogP) is 2.71. The number of anilines is 2. The van der Waals surface area contributed by atoms with E-state index in [4.69, 9.17) is 16.3 Å². The first-order valence-corrected chi connectivity index (χ1v) is 6.65. The molecule has 0 aliphatic heterocycles. The summed E-state index contributed by atoms with van der Waals surface area (Å²) < 4.78 is 6.52. The van der Waals surface area contributed by atoms with Crippen LogP contribution in [0.4, 0.5) is 11.4 Å². The molecular formula is C14H16ClN3O2. The summed E-state index contributed by atoms with van der Waals surface area (Å²) in [6.07, 6.45) is 1.53. The van der Waals surface area contributed by atoms with Crippen molar-refractivity contribution in [1.29, 1.82) is 0 Å². The molecule has 20 heavy (non-hydrogen) atoms. The van der Waals surface area contributed by atoms with Gasteiger partial charge in [0.25, 0.3) is 5.56 Å². The lowest BCUT2D eigenvalue weighted by Crippen LogP contribution is -2.20. The molecule has 1 aromatic carbocycles. The molecule has 0 amide bonds. The normalized spacial score (nSPS) is 10.6. The van der Waals surface area contributed by atoms with Gasteiger partial charge in [-0.2, -0.15) is 5.10 Å². The summed E-state index contributed by atoms with van der Waals surface area (Å²) in [4.78, 5) is 11.7. The van der Waals surface area contributed by atoms with Gasteiger partial charge in [-0.25, -0.2) is 4.68 Å². The molecule has 106 valence electrons. The van der Waals surface area contributed by atoms with Gasteiger partial charge in [-0.1, -0.05) is 23.7 Å². The van der Waals surface area contributed by atoms with Crippen LogP contribution in [0.5, 0.6) is 0 Å². The molecule has 5 nitrogen and oxygen atoms in total. The molecular weight excluding hydrogens is 278 g/mol. The first kappa shape index (κ1) is 14.6. The average molecular weight is 294 g/mol. The van der Waals surface area contributed by atoms with Gasteiger partial charge in [0.15, 0.2) is 0 Å². The second-order valence-electron chi connectivity index (χ2n) is 4.26. The van der Waals surface area contributed by atoms with Gasteiger partial charge >= 0.3 is 0 Å². The van der Waals surface area contributed by atoms with E-state index in [1.165, 1.54) is 10.9 Å². The molecule has 0 aliphatic carbocycles. The van der Waals surface area contributed by atoms with Crippen molar-refractivity contribution in [2.45, 2.75) is 13.5 Å². The van der Waals surface area contributed by atoms with Crippen LogP contribution in [0.1, 0.15) is 12.5 Å². The third kappa shape index (κ3) is 3.37. The summed E-state index contributed by atoms with van der Waals surface area (Å²) in [6.45, 7) is 3.24. The van der Waals surface area contributed by atoms with Crippen LogP contribution in [0.2, 0.25) is 5.02 Å². The minimum Gasteiger partial charge on any atom is -0.377 e. The predicted molar refractivity (Wildman–Crippen MR) is 79.5 cm³/mol. The molecule has 1 aromatic heterocycles. The van der Waals surface area contributed by atoms with Crippen LogP contribution in [0, 0.1) is 0 Å². The number of aryl methyl sites for hydroxylation is 1. The Bertz CT molecular complexity index is 638. The number of aromatic nitrogens is 2. The fraction of sp³-hybridized carbons (Fsp3) is 0.286. The lowest BCUT2D eigenvalue weighted by molar-refractivity contribution is 0.134. The summed E-state index contributed by atoms with van der Waals surface area (Å²) in [6, 6.07) is 7.73. The maximum atomic E-state index is 11.7. The Balaban J connectivity index is 2.14. The Morgan fingerprint density at radius 2 is 2.05 bits per heavy atom. The lowest BCUT2D eigenvalue weighted by Gasteiger charge is -2.09. The molecule has 0 spiro atoms. The minimum absolute atomic E-state index is 0.126. The zero-order valence-corrected chi connectivity index (χ0v) is 12.1. The van der Waals surface area contributed by atoms with Gasteiger partial charge < -0.3 is 10.1 Å². The number of benzene rings is 1. The third-order valence-electron chi connectivity index (χ3n) is 2.78. The molecule has 6 heteroatoms. The van der Waals surface area contributed by atoms with Crippen molar-refractivity contribution in [1.82, 2.24) is 9.78 Å². The molecule has 0 saturated heterocycles. The Morgan fingerprint density at radius 3 is 2.70 bits per heavy atom. The highest BCUT2D eigenvalue weighted by Crippen LogP contribution is 2.21. The summed E-state index contributed by atoms with van der Waals surface area (Å²) in [5, 5.41) is 7.13. The van der Waals surface area contributed by atoms with Crippen molar-refractivity contribution in [3.63, 3.8) is 0 Å². The lowest BCUT2D eigenvalue weighted by atomic mass is 10.2. The Hall–Kier alpha value is -1.85. The van der Waals surface area contributed by atoms with Crippen LogP contribution in [0.3, 0.4) is 0 Å². The monoisotopic (exact) mass is 293 g/mol. The van der Waals surface area contributed by atoms with Crippen LogP contribution < -0.4 is 10.9 Å². The summed E-state index contributed by atoms with van der Waals surface area (Å²) in [5.74, 6) is 0. The van der Waals surface area contributed by atoms with Gasteiger partial charge in [0.2, 0.25) is 0 Å². The number of hydrogen-bond donors (Lipinski definition) is 1. The van der Waals surface area contributed by atoms with E-state index in [2.05, 4.69) is 10.4 Å². The first-order valence-electron chi connectivity index (χ1n) is 6.27. The quantitative estimate of drug-likeness (QED) is 0.921. The standard InChI is InChI=1S/C14H16ClN3O2/c1-3-20-9-10-4-6-11(7-5-10)17-12-8-16-18(2)14(19)13(12)15/h4-8,17H,3,9H2,1-2H3. The molecule has 0 saturated carbocycles. The van der Waals surface area contributed by atoms with Crippen molar-refractivity contribution in [2.24, 2.45) is 7.05 Å². The minimum atomic E-state index is -0.329. The second kappa shape index (κ2) is 6.54. The van der Waals surface area contributed by atoms with Gasteiger partial charge in [0.1, 0.15) is 5.02 Å². The topological polar surface area (TPSA) is 56.1 Å². The second-order valence-corrected chi connectivity index (χ2v) is 4.64. The molecule has 0 fully saturated rings. The van der Waals surface area contributed by atoms with E-state index in [-0.39, 0.29) is 10.6 Å².